The van der Waals surface area contributed by atoms with E-state index >= 15 is 0 Å². The molecule has 1 aliphatic heterocycles. The van der Waals surface area contributed by atoms with Crippen molar-refractivity contribution in [2.24, 2.45) is 5.73 Å². The van der Waals surface area contributed by atoms with Crippen LogP contribution in [0.4, 0.5) is 0 Å². The first-order chi connectivity index (χ1) is 12.8. The maximum Gasteiger partial charge on any atom is 0.162 e. The van der Waals surface area contributed by atoms with Crippen molar-refractivity contribution in [3.8, 4) is 22.8 Å². The summed E-state index contributed by atoms with van der Waals surface area (Å²) < 4.78 is 11.2. The van der Waals surface area contributed by atoms with Crippen LogP contribution in [-0.2, 0) is 5.75 Å². The first-order valence-electron chi connectivity index (χ1n) is 8.52. The molecule has 0 bridgehead atoms. The lowest BCUT2D eigenvalue weighted by atomic mass is 10.1. The van der Waals surface area contributed by atoms with E-state index < -0.39 is 0 Å². The Morgan fingerprint density at radius 2 is 1.88 bits per heavy atom. The SMILES string of the molecule is NC(CSCc1ccccc1)c1nc(-c2ccc3c(c2)OCCO3)cs1. The highest BCUT2D eigenvalue weighted by Crippen LogP contribution is 2.35. The van der Waals surface area contributed by atoms with Gasteiger partial charge in [0, 0.05) is 22.4 Å². The third kappa shape index (κ3) is 4.03. The van der Waals surface area contributed by atoms with E-state index in [1.54, 1.807) is 11.3 Å². The monoisotopic (exact) mass is 384 g/mol. The molecule has 134 valence electrons. The molecule has 0 fully saturated rings. The van der Waals surface area contributed by atoms with E-state index in [1.807, 2.05) is 36.0 Å². The topological polar surface area (TPSA) is 57.4 Å². The summed E-state index contributed by atoms with van der Waals surface area (Å²) in [6.07, 6.45) is 0. The average Bonchev–Trinajstić information content (AvgIpc) is 3.19. The number of nitrogens with two attached hydrogens (primary N) is 1. The Balaban J connectivity index is 1.39. The number of thiazole rings is 1. The number of hydrogen-bond acceptors (Lipinski definition) is 6. The van der Waals surface area contributed by atoms with Gasteiger partial charge in [-0.25, -0.2) is 4.98 Å². The molecule has 0 spiro atoms. The number of thioether (sulfide) groups is 1. The first-order valence-corrected chi connectivity index (χ1v) is 10.6. The van der Waals surface area contributed by atoms with Crippen LogP contribution in [0.25, 0.3) is 11.3 Å². The van der Waals surface area contributed by atoms with E-state index in [-0.39, 0.29) is 6.04 Å². The molecule has 4 nitrogen and oxygen atoms in total. The number of nitrogens with zero attached hydrogens (tertiary/aromatic N) is 1. The zero-order chi connectivity index (χ0) is 17.8. The normalized spacial score (nSPS) is 14.2. The number of aromatic nitrogens is 1. The Labute approximate surface area is 161 Å². The van der Waals surface area contributed by atoms with Crippen LogP contribution in [0.15, 0.2) is 53.9 Å². The predicted molar refractivity (Wildman–Crippen MR) is 108 cm³/mol. The van der Waals surface area contributed by atoms with Gasteiger partial charge >= 0.3 is 0 Å². The Morgan fingerprint density at radius 3 is 2.73 bits per heavy atom. The first kappa shape index (κ1) is 17.4. The molecule has 2 heterocycles. The number of ether oxygens (including phenoxy) is 2. The minimum atomic E-state index is -0.0559. The summed E-state index contributed by atoms with van der Waals surface area (Å²) in [4.78, 5) is 4.74. The molecule has 0 aliphatic carbocycles. The molecule has 1 aromatic heterocycles. The summed E-state index contributed by atoms with van der Waals surface area (Å²) in [6.45, 7) is 1.19. The van der Waals surface area contributed by atoms with Crippen molar-refractivity contribution in [2.45, 2.75) is 11.8 Å². The Hall–Kier alpha value is -2.02. The molecule has 26 heavy (non-hydrogen) atoms. The second-order valence-corrected chi connectivity index (χ2v) is 7.96. The summed E-state index contributed by atoms with van der Waals surface area (Å²) in [5, 5.41) is 3.03. The quantitative estimate of drug-likeness (QED) is 0.677. The van der Waals surface area contributed by atoms with Crippen LogP contribution in [0.2, 0.25) is 0 Å². The molecule has 0 saturated heterocycles. The summed E-state index contributed by atoms with van der Waals surface area (Å²) in [5.41, 5.74) is 9.63. The van der Waals surface area contributed by atoms with Crippen LogP contribution in [0.3, 0.4) is 0 Å². The summed E-state index contributed by atoms with van der Waals surface area (Å²) >= 11 is 3.45. The summed E-state index contributed by atoms with van der Waals surface area (Å²) in [5.74, 6) is 3.40. The van der Waals surface area contributed by atoms with Crippen molar-refractivity contribution >= 4 is 23.1 Å². The molecule has 3 aromatic rings. The molecule has 1 atom stereocenters. The molecule has 0 radical (unpaired) electrons. The van der Waals surface area contributed by atoms with Gasteiger partial charge in [0.1, 0.15) is 18.2 Å². The van der Waals surface area contributed by atoms with Crippen molar-refractivity contribution in [1.82, 2.24) is 4.98 Å². The van der Waals surface area contributed by atoms with Crippen LogP contribution >= 0.6 is 23.1 Å². The van der Waals surface area contributed by atoms with E-state index in [2.05, 4.69) is 29.6 Å². The smallest absolute Gasteiger partial charge is 0.162 e. The average molecular weight is 385 g/mol. The van der Waals surface area contributed by atoms with Crippen molar-refractivity contribution < 1.29 is 9.47 Å². The molecule has 2 N–H and O–H groups in total. The van der Waals surface area contributed by atoms with Crippen LogP contribution in [0.1, 0.15) is 16.6 Å². The van der Waals surface area contributed by atoms with Crippen LogP contribution < -0.4 is 15.2 Å². The highest BCUT2D eigenvalue weighted by Gasteiger charge is 2.16. The molecule has 2 aromatic carbocycles. The molecular formula is C20H20N2O2S2. The van der Waals surface area contributed by atoms with Crippen LogP contribution in [0, 0.1) is 0 Å². The van der Waals surface area contributed by atoms with Crippen molar-refractivity contribution in [3.05, 3.63) is 64.5 Å². The Kier molecular flexibility index (Phi) is 5.43. The molecule has 4 rings (SSSR count). The highest BCUT2D eigenvalue weighted by atomic mass is 32.2. The third-order valence-electron chi connectivity index (χ3n) is 4.09. The van der Waals surface area contributed by atoms with Gasteiger partial charge in [0.2, 0.25) is 0 Å². The maximum atomic E-state index is 6.34. The largest absolute Gasteiger partial charge is 0.486 e. The van der Waals surface area contributed by atoms with E-state index in [1.165, 1.54) is 5.56 Å². The minimum absolute atomic E-state index is 0.0559. The highest BCUT2D eigenvalue weighted by molar-refractivity contribution is 7.98. The molecule has 1 aliphatic rings. The van der Waals surface area contributed by atoms with Gasteiger partial charge in [-0.3, -0.25) is 0 Å². The van der Waals surface area contributed by atoms with Gasteiger partial charge in [-0.05, 0) is 23.8 Å². The molecule has 6 heteroatoms. The predicted octanol–water partition coefficient (Wildman–Crippen LogP) is 4.51. The zero-order valence-electron chi connectivity index (χ0n) is 14.3. The standard InChI is InChI=1S/C20H20N2O2S2/c21-16(12-25-11-14-4-2-1-3-5-14)20-22-17(13-26-20)15-6-7-18-19(10-15)24-9-8-23-18/h1-7,10,13,16H,8-9,11-12,21H2. The van der Waals surface area contributed by atoms with Crippen molar-refractivity contribution in [3.63, 3.8) is 0 Å². The van der Waals surface area contributed by atoms with Gasteiger partial charge in [-0.15, -0.1) is 11.3 Å². The van der Waals surface area contributed by atoms with E-state index in [0.717, 1.165) is 39.3 Å². The van der Waals surface area contributed by atoms with E-state index in [9.17, 15) is 0 Å². The summed E-state index contributed by atoms with van der Waals surface area (Å²) in [6, 6.07) is 16.3. The van der Waals surface area contributed by atoms with Crippen LogP contribution in [0.5, 0.6) is 11.5 Å². The lowest BCUT2D eigenvalue weighted by Crippen LogP contribution is -2.15. The maximum absolute atomic E-state index is 6.34. The molecular weight excluding hydrogens is 364 g/mol. The second kappa shape index (κ2) is 8.12. The lowest BCUT2D eigenvalue weighted by molar-refractivity contribution is 0.171. The summed E-state index contributed by atoms with van der Waals surface area (Å²) in [7, 11) is 0. The molecule has 0 amide bonds. The van der Waals surface area contributed by atoms with Gasteiger partial charge in [-0.2, -0.15) is 11.8 Å². The fourth-order valence-corrected chi connectivity index (χ4v) is 4.64. The Bertz CT molecular complexity index is 867. The van der Waals surface area contributed by atoms with Gasteiger partial charge < -0.3 is 15.2 Å². The van der Waals surface area contributed by atoms with Gasteiger partial charge in [-0.1, -0.05) is 30.3 Å². The zero-order valence-corrected chi connectivity index (χ0v) is 15.9. The fourth-order valence-electron chi connectivity index (χ4n) is 2.74. The number of benzene rings is 2. The second-order valence-electron chi connectivity index (χ2n) is 6.04. The lowest BCUT2D eigenvalue weighted by Gasteiger charge is -2.18. The van der Waals surface area contributed by atoms with Gasteiger partial charge in [0.25, 0.3) is 0 Å². The third-order valence-corrected chi connectivity index (χ3v) is 6.19. The van der Waals surface area contributed by atoms with E-state index in [0.29, 0.717) is 13.2 Å². The Morgan fingerprint density at radius 1 is 1.08 bits per heavy atom. The minimum Gasteiger partial charge on any atom is -0.486 e. The number of rotatable bonds is 6. The van der Waals surface area contributed by atoms with Crippen molar-refractivity contribution in [2.75, 3.05) is 19.0 Å². The van der Waals surface area contributed by atoms with Gasteiger partial charge in [0.05, 0.1) is 11.7 Å². The number of hydrogen-bond donors (Lipinski definition) is 1. The van der Waals surface area contributed by atoms with Crippen LogP contribution in [-0.4, -0.2) is 24.0 Å². The molecule has 0 saturated carbocycles. The van der Waals surface area contributed by atoms with Gasteiger partial charge in [0.15, 0.2) is 11.5 Å². The van der Waals surface area contributed by atoms with Crippen molar-refractivity contribution in [1.29, 1.82) is 0 Å². The molecule has 1 unspecified atom stereocenters. The van der Waals surface area contributed by atoms with E-state index in [4.69, 9.17) is 20.2 Å². The number of fused-ring (bicyclic) bond motifs is 1. The fraction of sp³-hybridized carbons (Fsp3) is 0.250.